The highest BCUT2D eigenvalue weighted by Gasteiger charge is 2.22. The molecule has 0 saturated carbocycles. The maximum atomic E-state index is 5.10. The van der Waals surface area contributed by atoms with Crippen LogP contribution in [-0.4, -0.2) is 20.6 Å². The first-order valence-corrected chi connectivity index (χ1v) is 17.2. The summed E-state index contributed by atoms with van der Waals surface area (Å²) in [6, 6.07) is 54.0. The highest BCUT2D eigenvalue weighted by atomic mass is 15.0. The Morgan fingerprint density at radius 1 is 0.540 bits per heavy atom. The van der Waals surface area contributed by atoms with Crippen LogP contribution in [0, 0.1) is 0 Å². The van der Waals surface area contributed by atoms with Gasteiger partial charge in [-0.2, -0.15) is 0 Å². The lowest BCUT2D eigenvalue weighted by Gasteiger charge is -2.14. The number of nitrogens with zero attached hydrogens (tertiary/aromatic N) is 3. The van der Waals surface area contributed by atoms with Crippen molar-refractivity contribution in [1.82, 2.24) is 14.5 Å². The third-order valence-corrected chi connectivity index (χ3v) is 10.0. The Hall–Kier alpha value is -6.52. The van der Waals surface area contributed by atoms with E-state index in [9.17, 15) is 0 Å². The van der Waals surface area contributed by atoms with E-state index in [0.29, 0.717) is 11.9 Å². The molecule has 4 heterocycles. The highest BCUT2D eigenvalue weighted by molar-refractivity contribution is 6.12. The number of hydrogen-bond acceptors (Lipinski definition) is 3. The van der Waals surface area contributed by atoms with Crippen molar-refractivity contribution in [1.29, 1.82) is 0 Å². The molecular weight excluding hydrogens is 609 g/mol. The van der Waals surface area contributed by atoms with Gasteiger partial charge in [0.05, 0.1) is 22.4 Å². The fourth-order valence-electron chi connectivity index (χ4n) is 7.48. The summed E-state index contributed by atoms with van der Waals surface area (Å²) in [6.45, 7) is 0. The number of para-hydroxylation sites is 1. The standard InChI is InChI=1S/C46H32N4/c1-3-9-30(10-4-1)31-15-17-33(18-16-31)41-28-42(49-46(48-41)35-11-5-2-6-12-35)34-21-25-37(26-22-34)50-44-14-8-7-13-38(44)40-27-39-32-19-23-36(24-20-32)47-43(39)29-45(40)50/h1-23,25-29,36,47H,24H2. The van der Waals surface area contributed by atoms with Crippen molar-refractivity contribution < 1.29 is 0 Å². The van der Waals surface area contributed by atoms with E-state index in [-0.39, 0.29) is 0 Å². The van der Waals surface area contributed by atoms with Crippen LogP contribution in [-0.2, 0) is 0 Å². The molecule has 1 unspecified atom stereocenters. The number of rotatable bonds is 5. The normalized spacial score (nSPS) is 14.7. The molecule has 2 aromatic heterocycles. The SMILES string of the molecule is C1=CC2CC=C1c1cc3c4ccccc4n(-c4ccc(-c5cc(-c6ccc(-c7ccccc7)cc6)nc(-c6ccccc6)n5)cc4)c3cc1N2. The fraction of sp³-hybridized carbons (Fsp3) is 0.0435. The third kappa shape index (κ3) is 4.84. The Bertz CT molecular complexity index is 2610. The van der Waals surface area contributed by atoms with Crippen LogP contribution in [0.5, 0.6) is 0 Å². The van der Waals surface area contributed by atoms with Crippen molar-refractivity contribution in [3.63, 3.8) is 0 Å². The lowest BCUT2D eigenvalue weighted by Crippen LogP contribution is -2.15. The number of fused-ring (bicyclic) bond motifs is 4. The molecule has 11 rings (SSSR count). The smallest absolute Gasteiger partial charge is 0.160 e. The number of hydrogen-bond donors (Lipinski definition) is 1. The van der Waals surface area contributed by atoms with Gasteiger partial charge in [0, 0.05) is 50.4 Å². The summed E-state index contributed by atoms with van der Waals surface area (Å²) in [7, 11) is 0. The Balaban J connectivity index is 1.07. The van der Waals surface area contributed by atoms with Crippen LogP contribution in [0.2, 0.25) is 0 Å². The molecule has 1 N–H and O–H groups in total. The number of aromatic nitrogens is 3. The molecular formula is C46H32N4. The Morgan fingerprint density at radius 2 is 1.16 bits per heavy atom. The third-order valence-electron chi connectivity index (χ3n) is 10.0. The highest BCUT2D eigenvalue weighted by Crippen LogP contribution is 2.41. The summed E-state index contributed by atoms with van der Waals surface area (Å²) in [5, 5.41) is 6.29. The van der Waals surface area contributed by atoms with Crippen molar-refractivity contribution in [2.24, 2.45) is 0 Å². The van der Waals surface area contributed by atoms with Gasteiger partial charge in [-0.25, -0.2) is 9.97 Å². The minimum atomic E-state index is 0.329. The van der Waals surface area contributed by atoms with Gasteiger partial charge >= 0.3 is 0 Å². The van der Waals surface area contributed by atoms with Gasteiger partial charge in [0.15, 0.2) is 5.82 Å². The second-order valence-corrected chi connectivity index (χ2v) is 13.1. The molecule has 4 heteroatoms. The molecule has 0 amide bonds. The monoisotopic (exact) mass is 640 g/mol. The first kappa shape index (κ1) is 28.5. The molecule has 236 valence electrons. The maximum Gasteiger partial charge on any atom is 0.160 e. The average Bonchev–Trinajstić information content (AvgIpc) is 3.28. The Morgan fingerprint density at radius 3 is 1.86 bits per heavy atom. The molecule has 50 heavy (non-hydrogen) atoms. The number of anilines is 1. The lowest BCUT2D eigenvalue weighted by atomic mass is 9.98. The van der Waals surface area contributed by atoms with E-state index >= 15 is 0 Å². The maximum absolute atomic E-state index is 5.10. The number of nitrogens with one attached hydrogen (secondary N) is 1. The number of benzene rings is 6. The second-order valence-electron chi connectivity index (χ2n) is 13.1. The predicted octanol–water partition coefficient (Wildman–Crippen LogP) is 11.4. The van der Waals surface area contributed by atoms with Gasteiger partial charge in [-0.3, -0.25) is 0 Å². The zero-order valence-corrected chi connectivity index (χ0v) is 27.3. The Kier molecular flexibility index (Phi) is 6.59. The van der Waals surface area contributed by atoms with E-state index in [1.807, 2.05) is 24.3 Å². The second kappa shape index (κ2) is 11.6. The fourth-order valence-corrected chi connectivity index (χ4v) is 7.48. The zero-order chi connectivity index (χ0) is 33.0. The van der Waals surface area contributed by atoms with Gasteiger partial charge in [0.25, 0.3) is 0 Å². The molecule has 8 aromatic rings. The molecule has 2 aliphatic heterocycles. The van der Waals surface area contributed by atoms with Gasteiger partial charge < -0.3 is 9.88 Å². The molecule has 4 nitrogen and oxygen atoms in total. The Labute approximate surface area is 290 Å². The summed E-state index contributed by atoms with van der Waals surface area (Å²) in [6.07, 6.45) is 7.92. The molecule has 0 radical (unpaired) electrons. The van der Waals surface area contributed by atoms with E-state index in [0.717, 1.165) is 40.2 Å². The molecule has 0 spiro atoms. The minimum Gasteiger partial charge on any atom is -0.378 e. The van der Waals surface area contributed by atoms with Crippen molar-refractivity contribution in [3.05, 3.63) is 175 Å². The minimum absolute atomic E-state index is 0.329. The molecule has 1 aliphatic carbocycles. The van der Waals surface area contributed by atoms with Gasteiger partial charge in [-0.15, -0.1) is 0 Å². The van der Waals surface area contributed by atoms with Crippen LogP contribution in [0.3, 0.4) is 0 Å². The van der Waals surface area contributed by atoms with E-state index in [2.05, 4.69) is 156 Å². The van der Waals surface area contributed by atoms with Crippen molar-refractivity contribution in [2.75, 3.05) is 5.32 Å². The van der Waals surface area contributed by atoms with Crippen molar-refractivity contribution in [3.8, 4) is 50.7 Å². The molecule has 0 fully saturated rings. The average molecular weight is 641 g/mol. The van der Waals surface area contributed by atoms with E-state index in [4.69, 9.17) is 9.97 Å². The van der Waals surface area contributed by atoms with Gasteiger partial charge in [-0.05, 0) is 59.5 Å². The van der Waals surface area contributed by atoms with Gasteiger partial charge in [0.1, 0.15) is 0 Å². The van der Waals surface area contributed by atoms with E-state index in [1.54, 1.807) is 0 Å². The molecule has 6 aromatic carbocycles. The van der Waals surface area contributed by atoms with Crippen molar-refractivity contribution in [2.45, 2.75) is 12.5 Å². The summed E-state index contributed by atoms with van der Waals surface area (Å²) in [5.74, 6) is 0.712. The quantitative estimate of drug-likeness (QED) is 0.204. The van der Waals surface area contributed by atoms with Crippen molar-refractivity contribution >= 4 is 33.1 Å². The van der Waals surface area contributed by atoms with Crippen LogP contribution < -0.4 is 5.32 Å². The molecule has 2 bridgehead atoms. The summed E-state index contributed by atoms with van der Waals surface area (Å²) >= 11 is 0. The van der Waals surface area contributed by atoms with Crippen LogP contribution in [0.15, 0.2) is 170 Å². The molecule has 0 saturated heterocycles. The topological polar surface area (TPSA) is 42.7 Å². The summed E-state index contributed by atoms with van der Waals surface area (Å²) in [5.41, 5.74) is 14.5. The first-order valence-electron chi connectivity index (χ1n) is 17.2. The molecule has 1 atom stereocenters. The summed E-state index contributed by atoms with van der Waals surface area (Å²) < 4.78 is 2.39. The summed E-state index contributed by atoms with van der Waals surface area (Å²) in [4.78, 5) is 10.2. The largest absolute Gasteiger partial charge is 0.378 e. The van der Waals surface area contributed by atoms with Gasteiger partial charge in [-0.1, -0.05) is 133 Å². The van der Waals surface area contributed by atoms with E-state index in [1.165, 1.54) is 49.8 Å². The van der Waals surface area contributed by atoms with Crippen LogP contribution in [0.25, 0.3) is 78.1 Å². The van der Waals surface area contributed by atoms with Crippen LogP contribution in [0.1, 0.15) is 12.0 Å². The first-order chi connectivity index (χ1) is 24.7. The van der Waals surface area contributed by atoms with Crippen LogP contribution in [0.4, 0.5) is 5.69 Å². The predicted molar refractivity (Wildman–Crippen MR) is 207 cm³/mol. The van der Waals surface area contributed by atoms with Gasteiger partial charge in [0.2, 0.25) is 0 Å². The lowest BCUT2D eigenvalue weighted by molar-refractivity contribution is 0.895. The zero-order valence-electron chi connectivity index (χ0n) is 27.3. The number of allylic oxidation sites excluding steroid dienone is 2. The van der Waals surface area contributed by atoms with E-state index < -0.39 is 0 Å². The molecule has 3 aliphatic rings. The van der Waals surface area contributed by atoms with Crippen LogP contribution >= 0.6 is 0 Å².